The zero-order valence-corrected chi connectivity index (χ0v) is 12.0. The number of ether oxygens (including phenoxy) is 1. The minimum Gasteiger partial charge on any atom is -0.489 e. The molecule has 1 aliphatic rings. The number of rotatable bonds is 3. The number of ketones is 1. The third-order valence-electron chi connectivity index (χ3n) is 3.93. The summed E-state index contributed by atoms with van der Waals surface area (Å²) >= 11 is 0. The molecule has 0 heterocycles. The average Bonchev–Trinajstić information content (AvgIpc) is 2.47. The molecule has 0 bridgehead atoms. The Hall–Kier alpha value is -2.16. The third-order valence-corrected chi connectivity index (χ3v) is 3.93. The molecular formula is C18H17FO2. The fraction of sp³-hybridized carbons (Fsp3) is 0.278. The second-order valence-electron chi connectivity index (χ2n) is 5.46. The van der Waals surface area contributed by atoms with E-state index in [1.54, 1.807) is 6.07 Å². The number of aryl methyl sites for hydroxylation is 2. The number of halogens is 1. The lowest BCUT2D eigenvalue weighted by Crippen LogP contribution is -2.11. The Morgan fingerprint density at radius 2 is 2.00 bits per heavy atom. The highest BCUT2D eigenvalue weighted by Crippen LogP contribution is 2.26. The molecule has 0 spiro atoms. The van der Waals surface area contributed by atoms with Crippen LogP contribution in [-0.2, 0) is 13.0 Å². The number of hydrogen-bond acceptors (Lipinski definition) is 2. The van der Waals surface area contributed by atoms with Gasteiger partial charge in [-0.25, -0.2) is 4.39 Å². The molecule has 3 rings (SSSR count). The van der Waals surface area contributed by atoms with E-state index in [1.807, 2.05) is 25.1 Å². The molecule has 1 aliphatic carbocycles. The normalized spacial score (nSPS) is 13.9. The van der Waals surface area contributed by atoms with Gasteiger partial charge in [-0.3, -0.25) is 4.79 Å². The van der Waals surface area contributed by atoms with Crippen LogP contribution in [0.4, 0.5) is 4.39 Å². The maximum Gasteiger partial charge on any atom is 0.163 e. The van der Waals surface area contributed by atoms with Crippen LogP contribution in [0.25, 0.3) is 0 Å². The van der Waals surface area contributed by atoms with E-state index in [4.69, 9.17) is 4.74 Å². The molecule has 0 unspecified atom stereocenters. The highest BCUT2D eigenvalue weighted by atomic mass is 19.1. The summed E-state index contributed by atoms with van der Waals surface area (Å²) in [6, 6.07) is 10.4. The molecule has 2 aromatic carbocycles. The van der Waals surface area contributed by atoms with Gasteiger partial charge in [-0.1, -0.05) is 12.1 Å². The average molecular weight is 284 g/mol. The van der Waals surface area contributed by atoms with Gasteiger partial charge in [0.1, 0.15) is 18.2 Å². The SMILES string of the molecule is Cc1cc(F)ccc1COc1ccc2c(c1)C(=O)CCC2. The predicted molar refractivity (Wildman–Crippen MR) is 79.2 cm³/mol. The van der Waals surface area contributed by atoms with E-state index in [1.165, 1.54) is 12.1 Å². The van der Waals surface area contributed by atoms with E-state index >= 15 is 0 Å². The fourth-order valence-electron chi connectivity index (χ4n) is 2.68. The Labute approximate surface area is 123 Å². The first-order valence-electron chi connectivity index (χ1n) is 7.17. The fourth-order valence-corrected chi connectivity index (χ4v) is 2.68. The predicted octanol–water partition coefficient (Wildman–Crippen LogP) is 4.23. The lowest BCUT2D eigenvalue weighted by atomic mass is 9.90. The van der Waals surface area contributed by atoms with Crippen molar-refractivity contribution >= 4 is 5.78 Å². The number of benzene rings is 2. The summed E-state index contributed by atoms with van der Waals surface area (Å²) in [5.41, 5.74) is 3.70. The molecule has 0 atom stereocenters. The minimum absolute atomic E-state index is 0.194. The zero-order valence-electron chi connectivity index (χ0n) is 12.0. The van der Waals surface area contributed by atoms with E-state index in [-0.39, 0.29) is 11.6 Å². The van der Waals surface area contributed by atoms with E-state index < -0.39 is 0 Å². The van der Waals surface area contributed by atoms with Crippen molar-refractivity contribution in [3.05, 3.63) is 64.5 Å². The van der Waals surface area contributed by atoms with E-state index in [2.05, 4.69) is 0 Å². The monoisotopic (exact) mass is 284 g/mol. The summed E-state index contributed by atoms with van der Waals surface area (Å²) in [4.78, 5) is 11.9. The lowest BCUT2D eigenvalue weighted by molar-refractivity contribution is 0.0972. The molecule has 2 nitrogen and oxygen atoms in total. The van der Waals surface area contributed by atoms with Crippen LogP contribution in [0.1, 0.15) is 39.9 Å². The summed E-state index contributed by atoms with van der Waals surface area (Å²) in [5, 5.41) is 0. The Kier molecular flexibility index (Phi) is 3.74. The van der Waals surface area contributed by atoms with Gasteiger partial charge in [0.25, 0.3) is 0 Å². The van der Waals surface area contributed by atoms with Crippen LogP contribution in [0, 0.1) is 12.7 Å². The lowest BCUT2D eigenvalue weighted by Gasteiger charge is -2.16. The number of carbonyl (C=O) groups excluding carboxylic acids is 1. The summed E-state index contributed by atoms with van der Waals surface area (Å²) in [6.07, 6.45) is 2.51. The summed E-state index contributed by atoms with van der Waals surface area (Å²) < 4.78 is 18.8. The highest BCUT2D eigenvalue weighted by molar-refractivity contribution is 5.98. The maximum absolute atomic E-state index is 13.1. The van der Waals surface area contributed by atoms with Gasteiger partial charge in [-0.2, -0.15) is 0 Å². The van der Waals surface area contributed by atoms with Gasteiger partial charge >= 0.3 is 0 Å². The van der Waals surface area contributed by atoms with Crippen molar-refractivity contribution in [2.45, 2.75) is 32.8 Å². The summed E-state index contributed by atoms with van der Waals surface area (Å²) in [7, 11) is 0. The van der Waals surface area contributed by atoms with Crippen molar-refractivity contribution < 1.29 is 13.9 Å². The van der Waals surface area contributed by atoms with Crippen LogP contribution in [-0.4, -0.2) is 5.78 Å². The Bertz CT molecular complexity index is 692. The van der Waals surface area contributed by atoms with E-state index in [0.29, 0.717) is 18.8 Å². The van der Waals surface area contributed by atoms with Crippen LogP contribution in [0.2, 0.25) is 0 Å². The molecule has 0 radical (unpaired) electrons. The quantitative estimate of drug-likeness (QED) is 0.843. The number of Topliss-reactive ketones (excluding diaryl/α,β-unsaturated/α-hetero) is 1. The zero-order chi connectivity index (χ0) is 14.8. The van der Waals surface area contributed by atoms with Crippen LogP contribution in [0.3, 0.4) is 0 Å². The Morgan fingerprint density at radius 3 is 2.81 bits per heavy atom. The number of fused-ring (bicyclic) bond motifs is 1. The number of hydrogen-bond donors (Lipinski definition) is 0. The van der Waals surface area contributed by atoms with Gasteiger partial charge in [0.2, 0.25) is 0 Å². The first kappa shape index (κ1) is 13.8. The Morgan fingerprint density at radius 1 is 1.14 bits per heavy atom. The van der Waals surface area contributed by atoms with Crippen molar-refractivity contribution in [3.63, 3.8) is 0 Å². The van der Waals surface area contributed by atoms with Crippen molar-refractivity contribution in [1.29, 1.82) is 0 Å². The van der Waals surface area contributed by atoms with E-state index in [9.17, 15) is 9.18 Å². The standard InChI is InChI=1S/C18H17FO2/c1-12-9-15(19)7-5-14(12)11-21-16-8-6-13-3-2-4-18(20)17(13)10-16/h5-10H,2-4,11H2,1H3. The van der Waals surface area contributed by atoms with Gasteiger partial charge in [0, 0.05) is 12.0 Å². The van der Waals surface area contributed by atoms with Gasteiger partial charge in [-0.05, 0) is 60.7 Å². The second-order valence-corrected chi connectivity index (χ2v) is 5.46. The number of carbonyl (C=O) groups is 1. The molecule has 108 valence electrons. The van der Waals surface area contributed by atoms with E-state index in [0.717, 1.165) is 35.1 Å². The Balaban J connectivity index is 1.76. The molecule has 0 saturated heterocycles. The van der Waals surface area contributed by atoms with Crippen LogP contribution < -0.4 is 4.74 Å². The van der Waals surface area contributed by atoms with Crippen LogP contribution in [0.5, 0.6) is 5.75 Å². The topological polar surface area (TPSA) is 26.3 Å². The maximum atomic E-state index is 13.1. The van der Waals surface area contributed by atoms with Gasteiger partial charge < -0.3 is 4.74 Å². The molecular weight excluding hydrogens is 267 g/mol. The smallest absolute Gasteiger partial charge is 0.163 e. The largest absolute Gasteiger partial charge is 0.489 e. The summed E-state index contributed by atoms with van der Waals surface area (Å²) in [6.45, 7) is 2.23. The summed E-state index contributed by atoms with van der Waals surface area (Å²) in [5.74, 6) is 0.642. The minimum atomic E-state index is -0.240. The molecule has 0 fully saturated rings. The molecule has 0 aliphatic heterocycles. The molecule has 0 amide bonds. The molecule has 2 aromatic rings. The van der Waals surface area contributed by atoms with Gasteiger partial charge in [0.15, 0.2) is 5.78 Å². The van der Waals surface area contributed by atoms with Crippen LogP contribution in [0.15, 0.2) is 36.4 Å². The highest BCUT2D eigenvalue weighted by Gasteiger charge is 2.17. The van der Waals surface area contributed by atoms with Crippen molar-refractivity contribution in [1.82, 2.24) is 0 Å². The van der Waals surface area contributed by atoms with Gasteiger partial charge in [0.05, 0.1) is 0 Å². The van der Waals surface area contributed by atoms with Gasteiger partial charge in [-0.15, -0.1) is 0 Å². The first-order valence-corrected chi connectivity index (χ1v) is 7.17. The molecule has 3 heteroatoms. The first-order chi connectivity index (χ1) is 10.1. The van der Waals surface area contributed by atoms with Crippen molar-refractivity contribution in [2.75, 3.05) is 0 Å². The van der Waals surface area contributed by atoms with Crippen molar-refractivity contribution in [3.8, 4) is 5.75 Å². The molecule has 21 heavy (non-hydrogen) atoms. The van der Waals surface area contributed by atoms with Crippen LogP contribution >= 0.6 is 0 Å². The molecule has 0 aromatic heterocycles. The van der Waals surface area contributed by atoms with Crippen molar-refractivity contribution in [2.24, 2.45) is 0 Å². The molecule has 0 N–H and O–H groups in total. The second kappa shape index (κ2) is 5.68. The third kappa shape index (κ3) is 2.97. The molecule has 0 saturated carbocycles.